The second-order valence-electron chi connectivity index (χ2n) is 5.94. The van der Waals surface area contributed by atoms with Crippen LogP contribution >= 0.6 is 0 Å². The molecule has 0 aromatic carbocycles. The molecule has 2 N–H and O–H groups in total. The third kappa shape index (κ3) is 17.0. The third-order valence-corrected chi connectivity index (χ3v) is 3.59. The molecule has 0 fully saturated rings. The van der Waals surface area contributed by atoms with Crippen molar-refractivity contribution in [3.05, 3.63) is 11.8 Å². The van der Waals surface area contributed by atoms with Crippen molar-refractivity contribution < 1.29 is 9.53 Å². The van der Waals surface area contributed by atoms with Gasteiger partial charge >= 0.3 is 5.97 Å². The molecule has 0 aliphatic carbocycles. The van der Waals surface area contributed by atoms with Crippen molar-refractivity contribution in [2.45, 2.75) is 90.9 Å². The lowest BCUT2D eigenvalue weighted by Gasteiger charge is -2.03. The Hall–Kier alpha value is -0.990. The number of ether oxygens (including phenoxy) is 1. The summed E-state index contributed by atoms with van der Waals surface area (Å²) in [7, 11) is 0. The van der Waals surface area contributed by atoms with E-state index in [1.54, 1.807) is 6.92 Å². The van der Waals surface area contributed by atoms with Crippen LogP contribution in [-0.4, -0.2) is 12.6 Å². The Morgan fingerprint density at radius 2 is 1.29 bits per heavy atom. The molecule has 21 heavy (non-hydrogen) atoms. The standard InChI is InChI=1S/C18H35NO2/c1-3-4-5-6-7-8-9-10-11-12-13-14-15-21-18(20)16-17(2)19/h16H,3-15,19H2,1-2H3/b17-16-. The number of esters is 1. The number of allylic oxidation sites excluding steroid dienone is 1. The summed E-state index contributed by atoms with van der Waals surface area (Å²) in [4.78, 5) is 11.2. The molecule has 0 amide bonds. The number of hydrogen-bond donors (Lipinski definition) is 1. The minimum absolute atomic E-state index is 0.321. The van der Waals surface area contributed by atoms with E-state index in [0.717, 1.165) is 12.8 Å². The summed E-state index contributed by atoms with van der Waals surface area (Å²) in [6.07, 6.45) is 17.1. The molecule has 0 aromatic rings. The van der Waals surface area contributed by atoms with E-state index in [4.69, 9.17) is 10.5 Å². The van der Waals surface area contributed by atoms with E-state index in [1.807, 2.05) is 0 Å². The smallest absolute Gasteiger partial charge is 0.332 e. The average Bonchev–Trinajstić information content (AvgIpc) is 2.43. The molecule has 3 heteroatoms. The van der Waals surface area contributed by atoms with E-state index < -0.39 is 0 Å². The first-order chi connectivity index (χ1) is 10.2. The van der Waals surface area contributed by atoms with Gasteiger partial charge in [0.2, 0.25) is 0 Å². The van der Waals surface area contributed by atoms with Crippen LogP contribution in [0.2, 0.25) is 0 Å². The number of carbonyl (C=O) groups is 1. The van der Waals surface area contributed by atoms with Gasteiger partial charge in [-0.15, -0.1) is 0 Å². The number of nitrogens with two attached hydrogens (primary N) is 1. The van der Waals surface area contributed by atoms with Crippen LogP contribution in [0.1, 0.15) is 90.9 Å². The summed E-state index contributed by atoms with van der Waals surface area (Å²) in [6.45, 7) is 4.46. The van der Waals surface area contributed by atoms with Gasteiger partial charge in [-0.2, -0.15) is 0 Å². The minimum Gasteiger partial charge on any atom is -0.462 e. The molecule has 0 bridgehead atoms. The van der Waals surface area contributed by atoms with Gasteiger partial charge in [0.25, 0.3) is 0 Å². The molecule has 0 radical (unpaired) electrons. The molecular weight excluding hydrogens is 262 g/mol. The molecular formula is C18H35NO2. The molecule has 0 spiro atoms. The van der Waals surface area contributed by atoms with E-state index in [2.05, 4.69) is 6.92 Å². The second kappa shape index (κ2) is 15.4. The molecule has 0 rings (SSSR count). The molecule has 0 heterocycles. The summed E-state index contributed by atoms with van der Waals surface area (Å²) < 4.78 is 5.05. The maximum absolute atomic E-state index is 11.2. The van der Waals surface area contributed by atoms with Gasteiger partial charge < -0.3 is 10.5 Å². The molecule has 0 saturated carbocycles. The fraction of sp³-hybridized carbons (Fsp3) is 0.833. The van der Waals surface area contributed by atoms with Crippen LogP contribution in [0.4, 0.5) is 0 Å². The molecule has 0 aromatic heterocycles. The Morgan fingerprint density at radius 1 is 0.857 bits per heavy atom. The fourth-order valence-electron chi connectivity index (χ4n) is 2.34. The van der Waals surface area contributed by atoms with Crippen LogP contribution in [-0.2, 0) is 9.53 Å². The normalized spacial score (nSPS) is 11.6. The van der Waals surface area contributed by atoms with Crippen molar-refractivity contribution in [1.29, 1.82) is 0 Å². The molecule has 0 atom stereocenters. The van der Waals surface area contributed by atoms with Crippen molar-refractivity contribution in [3.63, 3.8) is 0 Å². The van der Waals surface area contributed by atoms with Gasteiger partial charge in [-0.05, 0) is 13.3 Å². The number of unbranched alkanes of at least 4 members (excludes halogenated alkanes) is 11. The molecule has 3 nitrogen and oxygen atoms in total. The number of carbonyl (C=O) groups excluding carboxylic acids is 1. The summed E-state index contributed by atoms with van der Waals surface area (Å²) in [5, 5.41) is 0. The number of hydrogen-bond acceptors (Lipinski definition) is 3. The van der Waals surface area contributed by atoms with Gasteiger partial charge in [0.15, 0.2) is 0 Å². The predicted molar refractivity (Wildman–Crippen MR) is 90.0 cm³/mol. The Kier molecular flexibility index (Phi) is 14.7. The van der Waals surface area contributed by atoms with Gasteiger partial charge in [-0.25, -0.2) is 4.79 Å². The lowest BCUT2D eigenvalue weighted by Crippen LogP contribution is -2.05. The van der Waals surface area contributed by atoms with E-state index >= 15 is 0 Å². The van der Waals surface area contributed by atoms with Crippen molar-refractivity contribution in [1.82, 2.24) is 0 Å². The zero-order valence-electron chi connectivity index (χ0n) is 14.2. The Labute approximate surface area is 131 Å². The van der Waals surface area contributed by atoms with Crippen LogP contribution in [0.15, 0.2) is 11.8 Å². The zero-order chi connectivity index (χ0) is 15.8. The Bertz CT molecular complexity index is 270. The quantitative estimate of drug-likeness (QED) is 0.276. The average molecular weight is 297 g/mol. The van der Waals surface area contributed by atoms with Crippen LogP contribution in [0.5, 0.6) is 0 Å². The Balaban J connectivity index is 3.12. The summed E-state index contributed by atoms with van der Waals surface area (Å²) in [5.41, 5.74) is 5.89. The van der Waals surface area contributed by atoms with E-state index in [-0.39, 0.29) is 5.97 Å². The van der Waals surface area contributed by atoms with Crippen molar-refractivity contribution >= 4 is 5.97 Å². The fourth-order valence-corrected chi connectivity index (χ4v) is 2.34. The Morgan fingerprint density at radius 3 is 1.71 bits per heavy atom. The van der Waals surface area contributed by atoms with E-state index in [1.165, 1.54) is 70.3 Å². The first kappa shape index (κ1) is 20.0. The van der Waals surface area contributed by atoms with Gasteiger partial charge in [0.05, 0.1) is 6.61 Å². The summed E-state index contributed by atoms with van der Waals surface area (Å²) >= 11 is 0. The highest BCUT2D eigenvalue weighted by Gasteiger charge is 1.98. The molecule has 0 aliphatic rings. The van der Waals surface area contributed by atoms with E-state index in [0.29, 0.717) is 12.3 Å². The van der Waals surface area contributed by atoms with Gasteiger partial charge in [-0.1, -0.05) is 77.6 Å². The SMILES string of the molecule is CCCCCCCCCCCCCCOC(=O)/C=C(/C)N. The van der Waals surface area contributed by atoms with Crippen molar-refractivity contribution in [2.24, 2.45) is 5.73 Å². The second-order valence-corrected chi connectivity index (χ2v) is 5.94. The first-order valence-electron chi connectivity index (χ1n) is 8.77. The largest absolute Gasteiger partial charge is 0.462 e. The lowest BCUT2D eigenvalue weighted by molar-refractivity contribution is -0.137. The molecule has 0 saturated heterocycles. The van der Waals surface area contributed by atoms with Crippen molar-refractivity contribution in [3.8, 4) is 0 Å². The predicted octanol–water partition coefficient (Wildman–Crippen LogP) is 5.09. The van der Waals surface area contributed by atoms with Crippen LogP contribution in [0, 0.1) is 0 Å². The van der Waals surface area contributed by atoms with Gasteiger partial charge in [0.1, 0.15) is 0 Å². The highest BCUT2D eigenvalue weighted by molar-refractivity contribution is 5.82. The summed E-state index contributed by atoms with van der Waals surface area (Å²) in [5.74, 6) is -0.321. The molecule has 0 aliphatic heterocycles. The summed E-state index contributed by atoms with van der Waals surface area (Å²) in [6, 6.07) is 0. The molecule has 124 valence electrons. The van der Waals surface area contributed by atoms with Crippen LogP contribution in [0.3, 0.4) is 0 Å². The van der Waals surface area contributed by atoms with Crippen molar-refractivity contribution in [2.75, 3.05) is 6.61 Å². The highest BCUT2D eigenvalue weighted by atomic mass is 16.5. The lowest BCUT2D eigenvalue weighted by atomic mass is 10.1. The molecule has 0 unspecified atom stereocenters. The zero-order valence-corrected chi connectivity index (χ0v) is 14.2. The maximum Gasteiger partial charge on any atom is 0.332 e. The first-order valence-corrected chi connectivity index (χ1v) is 8.77. The van der Waals surface area contributed by atoms with Gasteiger partial charge in [-0.3, -0.25) is 0 Å². The third-order valence-electron chi connectivity index (χ3n) is 3.59. The highest BCUT2D eigenvalue weighted by Crippen LogP contribution is 2.11. The minimum atomic E-state index is -0.321. The van der Waals surface area contributed by atoms with Gasteiger partial charge in [0, 0.05) is 11.8 Å². The maximum atomic E-state index is 11.2. The monoisotopic (exact) mass is 297 g/mol. The number of rotatable bonds is 14. The topological polar surface area (TPSA) is 52.3 Å². The van der Waals surface area contributed by atoms with Crippen LogP contribution in [0.25, 0.3) is 0 Å². The van der Waals surface area contributed by atoms with Crippen LogP contribution < -0.4 is 5.73 Å². The van der Waals surface area contributed by atoms with E-state index in [9.17, 15) is 4.79 Å².